The molecule has 15 rings (SSSR count). The van der Waals surface area contributed by atoms with Crippen molar-refractivity contribution in [3.63, 3.8) is 0 Å². The van der Waals surface area contributed by atoms with Gasteiger partial charge in [-0.15, -0.1) is 22.0 Å². The number of fused-ring (bicyclic) bond motifs is 4. The molecule has 140 heavy (non-hydrogen) atoms. The van der Waals surface area contributed by atoms with Crippen molar-refractivity contribution in [3.05, 3.63) is 204 Å². The lowest BCUT2D eigenvalue weighted by molar-refractivity contribution is -0.156. The second-order valence-corrected chi connectivity index (χ2v) is 57.8. The highest BCUT2D eigenvalue weighted by Crippen LogP contribution is 2.58. The molecule has 4 aliphatic heterocycles. The van der Waals surface area contributed by atoms with Gasteiger partial charge in [-0.1, -0.05) is 309 Å². The molecule has 12 atom stereocenters. The lowest BCUT2D eigenvalue weighted by Gasteiger charge is -2.37. The Hall–Kier alpha value is -7.94. The van der Waals surface area contributed by atoms with Crippen LogP contribution in [0.3, 0.4) is 0 Å². The molecule has 12 nitrogen and oxygen atoms in total. The predicted molar refractivity (Wildman–Crippen MR) is 597 cm³/mol. The van der Waals surface area contributed by atoms with Gasteiger partial charge in [-0.05, 0) is 303 Å². The van der Waals surface area contributed by atoms with E-state index in [2.05, 4.69) is 393 Å². The summed E-state index contributed by atoms with van der Waals surface area (Å²) in [5.74, 6) is 17.9. The van der Waals surface area contributed by atoms with Crippen molar-refractivity contribution in [2.24, 2.45) is 100 Å². The molecule has 0 amide bonds. The van der Waals surface area contributed by atoms with Gasteiger partial charge >= 0.3 is 6.18 Å². The number of aromatic nitrogens is 6. The molecule has 4 fully saturated rings. The van der Waals surface area contributed by atoms with Crippen LogP contribution in [-0.2, 0) is 29.6 Å². The van der Waals surface area contributed by atoms with E-state index in [0.29, 0.717) is 91.1 Å². The number of carbonyl (C=O) groups is 1. The summed E-state index contributed by atoms with van der Waals surface area (Å²) in [6, 6.07) is 39.9. The van der Waals surface area contributed by atoms with Crippen LogP contribution in [-0.4, -0.2) is 108 Å². The molecule has 774 valence electrons. The van der Waals surface area contributed by atoms with E-state index in [0.717, 1.165) is 103 Å². The molecule has 0 radical (unpaired) electrons. The van der Waals surface area contributed by atoms with Crippen molar-refractivity contribution in [2.75, 3.05) is 30.6 Å². The van der Waals surface area contributed by atoms with Crippen LogP contribution in [0, 0.1) is 123 Å². The molecule has 2 saturated carbocycles. The Kier molecular flexibility index (Phi) is 43.5. The highest BCUT2D eigenvalue weighted by atomic mass is 32.3. The van der Waals surface area contributed by atoms with Crippen LogP contribution in [0.4, 0.5) is 13.2 Å². The number of carbonyl (C=O) groups excluding carboxylic acids is 1. The first-order valence-corrected chi connectivity index (χ1v) is 56.1. The number of allylic oxidation sites excluding steroid dienone is 2. The Balaban J connectivity index is 0.000000215. The summed E-state index contributed by atoms with van der Waals surface area (Å²) >= 11 is 2.13. The molecule has 2 saturated heterocycles. The van der Waals surface area contributed by atoms with Gasteiger partial charge in [0.1, 0.15) is 11.5 Å². The number of thioether (sulfide) groups is 1. The highest BCUT2D eigenvalue weighted by molar-refractivity contribution is 8.32. The molecule has 2 N–H and O–H groups in total. The van der Waals surface area contributed by atoms with Crippen molar-refractivity contribution in [2.45, 2.75) is 383 Å². The van der Waals surface area contributed by atoms with Crippen LogP contribution in [0.2, 0.25) is 0 Å². The number of unbranched alkanes of at least 4 members (excludes halogenated alkanes) is 1. The Morgan fingerprint density at radius 1 is 0.550 bits per heavy atom. The third kappa shape index (κ3) is 43.9. The van der Waals surface area contributed by atoms with E-state index in [1.807, 2.05) is 24.3 Å². The maximum absolute atomic E-state index is 12.9. The van der Waals surface area contributed by atoms with Crippen LogP contribution in [0.5, 0.6) is 5.75 Å². The Labute approximate surface area is 855 Å². The van der Waals surface area contributed by atoms with Gasteiger partial charge in [0.05, 0.1) is 42.4 Å². The maximum atomic E-state index is 12.9. The zero-order valence-electron chi connectivity index (χ0n) is 93.5. The minimum atomic E-state index is -4.33. The Morgan fingerprint density at radius 3 is 1.50 bits per heavy atom. The number of ether oxygens (including phenoxy) is 1. The first-order valence-electron chi connectivity index (χ1n) is 52.4. The van der Waals surface area contributed by atoms with E-state index in [-0.39, 0.29) is 21.9 Å². The second kappa shape index (κ2) is 51.2. The number of alkyl halides is 3. The Bertz CT molecular complexity index is 5030. The number of nitrogens with one attached hydrogen (secondary N) is 2. The van der Waals surface area contributed by atoms with Crippen LogP contribution in [0.15, 0.2) is 179 Å². The molecular weight excluding hydrogens is 1770 g/mol. The van der Waals surface area contributed by atoms with Gasteiger partial charge in [-0.2, -0.15) is 35.1 Å². The molecule has 4 aliphatic carbocycles. The minimum Gasteiger partial charge on any atom is -0.494 e. The summed E-state index contributed by atoms with van der Waals surface area (Å²) in [7, 11) is -0.610. The van der Waals surface area contributed by atoms with Gasteiger partial charge in [0.2, 0.25) is 5.54 Å². The van der Waals surface area contributed by atoms with Gasteiger partial charge < -0.3 is 15.4 Å². The summed E-state index contributed by atoms with van der Waals surface area (Å²) in [5.41, 5.74) is 11.9. The molecule has 0 spiro atoms. The van der Waals surface area contributed by atoms with Gasteiger partial charge in [0.15, 0.2) is 11.6 Å². The molecule has 7 aromatic rings. The third-order valence-electron chi connectivity index (χ3n) is 27.4. The summed E-state index contributed by atoms with van der Waals surface area (Å²) in [6.45, 7) is 76.6. The number of hydrogen-bond acceptors (Lipinski definition) is 13. The number of ketones is 1. The fourth-order valence-electron chi connectivity index (χ4n) is 18.7. The van der Waals surface area contributed by atoms with Gasteiger partial charge in [0.25, 0.3) is 0 Å². The van der Waals surface area contributed by atoms with E-state index in [1.54, 1.807) is 60.9 Å². The fourth-order valence-corrected chi connectivity index (χ4v) is 22.5. The van der Waals surface area contributed by atoms with Gasteiger partial charge in [-0.3, -0.25) is 14.8 Å². The van der Waals surface area contributed by atoms with E-state index >= 15 is 0 Å². The molecular formula is C123H187F3N10O2S2. The molecule has 17 heteroatoms. The first kappa shape index (κ1) is 119. The summed E-state index contributed by atoms with van der Waals surface area (Å²) in [6.07, 6.45) is 38.0. The maximum Gasteiger partial charge on any atom is 0.422 e. The van der Waals surface area contributed by atoms with Crippen molar-refractivity contribution >= 4 is 40.0 Å². The molecule has 10 unspecified atom stereocenters. The topological polar surface area (TPSA) is 152 Å². The van der Waals surface area contributed by atoms with Crippen molar-refractivity contribution in [1.82, 2.24) is 41.0 Å². The van der Waals surface area contributed by atoms with Crippen LogP contribution >= 0.6 is 21.8 Å². The fraction of sp³-hybridized carbons (Fsp3) is 0.634. The van der Waals surface area contributed by atoms with E-state index in [1.165, 1.54) is 123 Å². The Morgan fingerprint density at radius 2 is 1.05 bits per heavy atom. The quantitative estimate of drug-likeness (QED) is 0.0379. The number of rotatable bonds is 22. The number of Topliss-reactive ketones (excluding diaryl/α,β-unsaturated/α-hetero) is 1. The molecule has 2 bridgehead atoms. The van der Waals surface area contributed by atoms with Crippen LogP contribution in [0.25, 0.3) is 22.8 Å². The monoisotopic (exact) mass is 1960 g/mol. The van der Waals surface area contributed by atoms with Crippen LogP contribution in [0.1, 0.15) is 342 Å². The van der Waals surface area contributed by atoms with Crippen molar-refractivity contribution in [1.29, 1.82) is 0 Å². The zero-order valence-corrected chi connectivity index (χ0v) is 95.1. The molecule has 6 heterocycles. The first-order chi connectivity index (χ1) is 64.7. The molecule has 2 aromatic heterocycles. The standard InChI is InChI=1S/C15H18F3N.C15H19N3O.C15H26S.C14H17N3.C14H26N2S.2C14H22.C13H20O.C9H17N/c1-13(2,3)9-8-11-4-6-12(7-5-11)14(10-19-14)15(16,17)18;1-15(2,3)8-11-19-13-6-4-12(5-7-13)14-16-9-10-17-18-14;1-13-7-9-14(10-8-13)16(5,6)12-11-15(2,3)4;1-14(2,3)10-11-4-6-12(7-5-11)13-15-8-9-16-17-13;1-10-15-11-9-17-12(13(11)16-10)7-5-6-8-14(2,3)4;1-14(2,3)10-13-11-8-6-4-5-7-9-12(11)13;1-11-6-7-13(12(2)10-11)8-9-14(3,4)5;1-8(14)11-9-5-6-10(7-9)12(11)13(2,3)4;1-8(2,3)5-6-9(4)7-10-9/h4-7,10H,8-9H2,1-3H3;4-7,9-10H,8,11H2,1-3H3;7-10H,11-12H2,1-6H3;4-9H,10H2,1-3H3;11-13,15-16H,1,5-9H2,2-4H3;11-13H,6-10H2,1-3H3;6-7,10H,8-9H2,1-5H3;5-6,9-12H,7H2,1-4H3;7H,5-6H2,1-4H3/t;;;;;11-,12+,13?;;;. The highest BCUT2D eigenvalue weighted by Gasteiger charge is 2.62. The third-order valence-corrected chi connectivity index (χ3v) is 31.7. The van der Waals surface area contributed by atoms with Gasteiger partial charge in [-0.25, -0.2) is 20.0 Å². The average Bonchev–Trinajstić information content (AvgIpc) is 1.57. The number of nitrogens with zero attached hydrogens (tertiary/aromatic N) is 8. The number of hydrogen-bond donors (Lipinski definition) is 2. The van der Waals surface area contributed by atoms with E-state index < -0.39 is 21.7 Å². The van der Waals surface area contributed by atoms with Gasteiger partial charge in [0, 0.05) is 65.7 Å². The summed E-state index contributed by atoms with van der Waals surface area (Å²) < 4.78 is 44.3. The zero-order chi connectivity index (χ0) is 104. The van der Waals surface area contributed by atoms with Crippen molar-refractivity contribution in [3.8, 4) is 40.4 Å². The average molecular weight is 1960 g/mol. The molecule has 5 aromatic carbocycles. The lowest BCUT2D eigenvalue weighted by atomic mass is 9.67. The molecule has 8 aliphatic rings. The largest absolute Gasteiger partial charge is 0.494 e. The minimum absolute atomic E-state index is 0.208. The smallest absolute Gasteiger partial charge is 0.422 e. The SMILES string of the molecule is C=C1NC2CSC(CCCCC(C)(C)C)C2N1.CC(=O)C1C2C=CC(C2)C1C(C)(C)C.CC(C)(C)CC1[C@H]2CCC#CCC[C@@H]12.CC(C)(C)CCC1(C)C=N1.CC(C)(C)CCOc1ccc(-c2nccnn2)cc1.CC(C)(C)CCc1ccc(C2(C(F)(F)F)C=N2)cc1.CC(C)(C)Cc1ccc(-c2nccnn2)cc1.Cc1ccc(CCC(C)(C)C)c(C)c1.Cc1ccc(S(C)(C)CCC(C)(C)C)cc1. The predicted octanol–water partition coefficient (Wildman–Crippen LogP) is 32.8. The van der Waals surface area contributed by atoms with E-state index in [9.17, 15) is 18.0 Å². The second-order valence-electron chi connectivity index (χ2n) is 52.6. The lowest BCUT2D eigenvalue weighted by Crippen LogP contribution is -2.36. The summed E-state index contributed by atoms with van der Waals surface area (Å²) in [5, 5.41) is 23.3. The summed E-state index contributed by atoms with van der Waals surface area (Å²) in [4.78, 5) is 29.2. The van der Waals surface area contributed by atoms with Crippen molar-refractivity contribution < 1.29 is 22.7 Å². The number of halogens is 3. The number of benzene rings is 5. The number of aliphatic imine (C=N–C) groups is 2. The van der Waals surface area contributed by atoms with E-state index in [4.69, 9.17) is 4.74 Å². The normalized spacial score (nSPS) is 22.5. The number of aryl methyl sites for hydroxylation is 5. The van der Waals surface area contributed by atoms with Crippen LogP contribution < -0.4 is 15.4 Å².